The lowest BCUT2D eigenvalue weighted by Crippen LogP contribution is -2.24. The Kier molecular flexibility index (Phi) is 9.64. The molecule has 1 unspecified atom stereocenters. The van der Waals surface area contributed by atoms with Gasteiger partial charge in [-0.1, -0.05) is 36.4 Å². The fourth-order valence-electron chi connectivity index (χ4n) is 3.15. The van der Waals surface area contributed by atoms with Gasteiger partial charge in [0.2, 0.25) is 17.5 Å². The minimum Gasteiger partial charge on any atom is -0.457 e. The Morgan fingerprint density at radius 3 is 2.25 bits per heavy atom. The number of hydrogen-bond donors (Lipinski definition) is 1. The van der Waals surface area contributed by atoms with E-state index in [0.29, 0.717) is 16.1 Å². The molecule has 1 N–H and O–H groups in total. The molecule has 1 aromatic heterocycles. The van der Waals surface area contributed by atoms with Crippen molar-refractivity contribution < 1.29 is 33.4 Å². The van der Waals surface area contributed by atoms with Crippen LogP contribution in [0.25, 0.3) is 0 Å². The quantitative estimate of drug-likeness (QED) is 0.279. The molecule has 3 rings (SSSR count). The van der Waals surface area contributed by atoms with Crippen molar-refractivity contribution in [3.05, 3.63) is 88.1 Å². The smallest absolute Gasteiger partial charge is 0.338 e. The van der Waals surface area contributed by atoms with E-state index in [2.05, 4.69) is 5.32 Å². The molecular formula is C27H25NO7S. The van der Waals surface area contributed by atoms with Gasteiger partial charge in [-0.05, 0) is 49.1 Å². The molecule has 186 valence electrons. The number of benzene rings is 2. The summed E-state index contributed by atoms with van der Waals surface area (Å²) in [6.07, 6.45) is -0.595. The number of hydrogen-bond acceptors (Lipinski definition) is 8. The number of esters is 2. The first kappa shape index (κ1) is 26.5. The molecule has 0 aliphatic carbocycles. The first-order valence-electron chi connectivity index (χ1n) is 11.3. The van der Waals surface area contributed by atoms with Crippen LogP contribution in [0, 0.1) is 0 Å². The molecule has 0 aliphatic heterocycles. The van der Waals surface area contributed by atoms with Crippen LogP contribution >= 0.6 is 11.3 Å². The molecule has 0 spiro atoms. The predicted molar refractivity (Wildman–Crippen MR) is 134 cm³/mol. The third kappa shape index (κ3) is 7.99. The highest BCUT2D eigenvalue weighted by Gasteiger charge is 2.20. The molecule has 0 bridgehead atoms. The van der Waals surface area contributed by atoms with Gasteiger partial charge in [0, 0.05) is 24.1 Å². The summed E-state index contributed by atoms with van der Waals surface area (Å²) >= 11 is 1.28. The van der Waals surface area contributed by atoms with Gasteiger partial charge in [0.15, 0.2) is 12.7 Å². The number of Topliss-reactive ketones (excluding diaryl/α,β-unsaturated/α-hetero) is 2. The molecule has 0 saturated heterocycles. The van der Waals surface area contributed by atoms with Gasteiger partial charge in [0.1, 0.15) is 0 Å². The number of thiophene rings is 1. The maximum Gasteiger partial charge on any atom is 0.338 e. The van der Waals surface area contributed by atoms with Crippen LogP contribution in [0.1, 0.15) is 56.6 Å². The zero-order chi connectivity index (χ0) is 25.9. The number of carbonyl (C=O) groups excluding carboxylic acids is 5. The Hall–Kier alpha value is -4.11. The van der Waals surface area contributed by atoms with E-state index < -0.39 is 18.0 Å². The zero-order valence-electron chi connectivity index (χ0n) is 19.6. The lowest BCUT2D eigenvalue weighted by molar-refractivity contribution is -0.142. The third-order valence-electron chi connectivity index (χ3n) is 5.06. The Bertz CT molecular complexity index is 1200. The maximum absolute atomic E-state index is 12.4. The summed E-state index contributed by atoms with van der Waals surface area (Å²) in [7, 11) is 0. The Morgan fingerprint density at radius 1 is 0.861 bits per heavy atom. The fourth-order valence-corrected chi connectivity index (χ4v) is 3.80. The van der Waals surface area contributed by atoms with Crippen LogP contribution in [0.15, 0.2) is 72.1 Å². The van der Waals surface area contributed by atoms with Gasteiger partial charge < -0.3 is 14.8 Å². The summed E-state index contributed by atoms with van der Waals surface area (Å²) < 4.78 is 10.2. The van der Waals surface area contributed by atoms with E-state index in [1.165, 1.54) is 30.4 Å². The van der Waals surface area contributed by atoms with E-state index >= 15 is 0 Å². The summed E-state index contributed by atoms with van der Waals surface area (Å²) in [4.78, 5) is 61.0. The Morgan fingerprint density at radius 2 is 1.58 bits per heavy atom. The van der Waals surface area contributed by atoms with Crippen molar-refractivity contribution in [3.8, 4) is 0 Å². The minimum absolute atomic E-state index is 0.00973. The van der Waals surface area contributed by atoms with E-state index in [1.807, 2.05) is 0 Å². The molecule has 3 aromatic rings. The summed E-state index contributed by atoms with van der Waals surface area (Å²) in [6.45, 7) is 1.19. The average molecular weight is 508 g/mol. The van der Waals surface area contributed by atoms with E-state index in [4.69, 9.17) is 9.47 Å². The van der Waals surface area contributed by atoms with Gasteiger partial charge >= 0.3 is 11.9 Å². The molecular weight excluding hydrogens is 482 g/mol. The van der Waals surface area contributed by atoms with Gasteiger partial charge in [-0.3, -0.25) is 19.2 Å². The SMILES string of the molecule is CC(OC(=O)c1ccc(NC(=O)CCCC(=O)OCC(=O)c2cccs2)cc1)C(=O)c1ccccc1. The minimum atomic E-state index is -0.945. The molecule has 0 radical (unpaired) electrons. The summed E-state index contributed by atoms with van der Waals surface area (Å²) in [6, 6.07) is 18.0. The normalized spacial score (nSPS) is 11.2. The van der Waals surface area contributed by atoms with Crippen LogP contribution in [0.3, 0.4) is 0 Å². The maximum atomic E-state index is 12.4. The van der Waals surface area contributed by atoms with Crippen LogP contribution < -0.4 is 5.32 Å². The second-order valence-electron chi connectivity index (χ2n) is 7.82. The van der Waals surface area contributed by atoms with Gasteiger partial charge in [0.25, 0.3) is 0 Å². The number of amides is 1. The number of nitrogens with one attached hydrogen (secondary N) is 1. The predicted octanol–water partition coefficient (Wildman–Crippen LogP) is 4.71. The van der Waals surface area contributed by atoms with Crippen LogP contribution in [-0.4, -0.2) is 42.1 Å². The van der Waals surface area contributed by atoms with Crippen molar-refractivity contribution in [1.82, 2.24) is 0 Å². The molecule has 9 heteroatoms. The van der Waals surface area contributed by atoms with Gasteiger partial charge in [0.05, 0.1) is 10.4 Å². The van der Waals surface area contributed by atoms with Crippen LogP contribution in [-0.2, 0) is 19.1 Å². The standard InChI is InChI=1S/C27H25NO7S/c1-18(26(32)19-7-3-2-4-8-19)35-27(33)20-12-14-21(15-13-20)28-24(30)10-5-11-25(31)34-17-22(29)23-9-6-16-36-23/h2-4,6-9,12-16,18H,5,10-11,17H2,1H3,(H,28,30). The van der Waals surface area contributed by atoms with Crippen molar-refractivity contribution >= 4 is 46.4 Å². The van der Waals surface area contributed by atoms with Crippen molar-refractivity contribution in [2.45, 2.75) is 32.3 Å². The van der Waals surface area contributed by atoms with E-state index in [9.17, 15) is 24.0 Å². The van der Waals surface area contributed by atoms with Crippen molar-refractivity contribution in [2.24, 2.45) is 0 Å². The van der Waals surface area contributed by atoms with Gasteiger partial charge in [-0.25, -0.2) is 4.79 Å². The first-order chi connectivity index (χ1) is 17.3. The largest absolute Gasteiger partial charge is 0.457 e. The molecule has 2 aromatic carbocycles. The highest BCUT2D eigenvalue weighted by atomic mass is 32.1. The zero-order valence-corrected chi connectivity index (χ0v) is 20.4. The van der Waals surface area contributed by atoms with Gasteiger partial charge in [-0.2, -0.15) is 0 Å². The summed E-state index contributed by atoms with van der Waals surface area (Å²) in [5, 5.41) is 4.45. The lowest BCUT2D eigenvalue weighted by atomic mass is 10.1. The van der Waals surface area contributed by atoms with Crippen LogP contribution in [0.5, 0.6) is 0 Å². The first-order valence-corrected chi connectivity index (χ1v) is 12.1. The lowest BCUT2D eigenvalue weighted by Gasteiger charge is -2.12. The molecule has 0 aliphatic rings. The van der Waals surface area contributed by atoms with Crippen molar-refractivity contribution in [1.29, 1.82) is 0 Å². The molecule has 1 atom stereocenters. The van der Waals surface area contributed by atoms with Crippen LogP contribution in [0.4, 0.5) is 5.69 Å². The number of carbonyl (C=O) groups is 5. The van der Waals surface area contributed by atoms with Crippen molar-refractivity contribution in [2.75, 3.05) is 11.9 Å². The molecule has 1 heterocycles. The number of rotatable bonds is 12. The van der Waals surface area contributed by atoms with E-state index in [-0.39, 0.29) is 48.9 Å². The van der Waals surface area contributed by atoms with Crippen LogP contribution in [0.2, 0.25) is 0 Å². The van der Waals surface area contributed by atoms with E-state index in [0.717, 1.165) is 0 Å². The number of ether oxygens (including phenoxy) is 2. The molecule has 1 amide bonds. The monoisotopic (exact) mass is 507 g/mol. The molecule has 0 saturated carbocycles. The Balaban J connectivity index is 1.37. The number of anilines is 1. The second kappa shape index (κ2) is 13.1. The third-order valence-corrected chi connectivity index (χ3v) is 5.97. The topological polar surface area (TPSA) is 116 Å². The van der Waals surface area contributed by atoms with Gasteiger partial charge in [-0.15, -0.1) is 11.3 Å². The fraction of sp³-hybridized carbons (Fsp3) is 0.222. The highest BCUT2D eigenvalue weighted by Crippen LogP contribution is 2.14. The summed E-state index contributed by atoms with van der Waals surface area (Å²) in [5.41, 5.74) is 1.16. The Labute approximate surface area is 212 Å². The summed E-state index contributed by atoms with van der Waals surface area (Å²) in [5.74, 6) is -2.07. The highest BCUT2D eigenvalue weighted by molar-refractivity contribution is 7.12. The number of ketones is 2. The second-order valence-corrected chi connectivity index (χ2v) is 8.77. The van der Waals surface area contributed by atoms with E-state index in [1.54, 1.807) is 60.0 Å². The average Bonchev–Trinajstić information content (AvgIpc) is 3.43. The van der Waals surface area contributed by atoms with Crippen molar-refractivity contribution in [3.63, 3.8) is 0 Å². The molecule has 0 fully saturated rings. The molecule has 36 heavy (non-hydrogen) atoms. The molecule has 8 nitrogen and oxygen atoms in total.